The molecule has 0 aliphatic carbocycles. The van der Waals surface area contributed by atoms with Gasteiger partial charge < -0.3 is 10.6 Å². The minimum absolute atomic E-state index is 0.686. The van der Waals surface area contributed by atoms with E-state index in [1.165, 1.54) is 12.0 Å². The quantitative estimate of drug-likeness (QED) is 0.789. The SMILES string of the molecule is CCC(C)CN(CC)c1ccc(CCN)cn1. The number of anilines is 1. The molecule has 0 aliphatic heterocycles. The Labute approximate surface area is 105 Å². The average Bonchev–Trinajstić information content (AvgIpc) is 2.37. The maximum absolute atomic E-state index is 5.53. The lowest BCUT2D eigenvalue weighted by atomic mass is 10.1. The van der Waals surface area contributed by atoms with E-state index in [9.17, 15) is 0 Å². The van der Waals surface area contributed by atoms with Gasteiger partial charge in [0.15, 0.2) is 0 Å². The Morgan fingerprint density at radius 2 is 2.12 bits per heavy atom. The van der Waals surface area contributed by atoms with Crippen molar-refractivity contribution in [1.82, 2.24) is 4.98 Å². The van der Waals surface area contributed by atoms with Crippen molar-refractivity contribution in [3.05, 3.63) is 23.9 Å². The number of hydrogen-bond acceptors (Lipinski definition) is 3. The molecule has 0 amide bonds. The highest BCUT2D eigenvalue weighted by atomic mass is 15.2. The van der Waals surface area contributed by atoms with Gasteiger partial charge in [0.1, 0.15) is 5.82 Å². The van der Waals surface area contributed by atoms with Gasteiger partial charge >= 0.3 is 0 Å². The Bertz CT molecular complexity index is 308. The van der Waals surface area contributed by atoms with Crippen LogP contribution < -0.4 is 10.6 Å². The number of nitrogens with two attached hydrogens (primary N) is 1. The smallest absolute Gasteiger partial charge is 0.128 e. The van der Waals surface area contributed by atoms with E-state index in [0.29, 0.717) is 12.5 Å². The summed E-state index contributed by atoms with van der Waals surface area (Å²) in [4.78, 5) is 6.86. The topological polar surface area (TPSA) is 42.1 Å². The number of aromatic nitrogens is 1. The van der Waals surface area contributed by atoms with Crippen LogP contribution in [-0.2, 0) is 6.42 Å². The predicted octanol–water partition coefficient (Wildman–Crippen LogP) is 2.46. The minimum atomic E-state index is 0.686. The summed E-state index contributed by atoms with van der Waals surface area (Å²) in [7, 11) is 0. The molecule has 96 valence electrons. The highest BCUT2D eigenvalue weighted by molar-refractivity contribution is 5.39. The first-order chi connectivity index (χ1) is 8.21. The summed E-state index contributed by atoms with van der Waals surface area (Å²) in [6, 6.07) is 4.24. The lowest BCUT2D eigenvalue weighted by Gasteiger charge is -2.25. The summed E-state index contributed by atoms with van der Waals surface area (Å²) < 4.78 is 0. The van der Waals surface area contributed by atoms with Crippen LogP contribution in [0, 0.1) is 5.92 Å². The average molecular weight is 235 g/mol. The van der Waals surface area contributed by atoms with Crippen molar-refractivity contribution < 1.29 is 0 Å². The van der Waals surface area contributed by atoms with Crippen LogP contribution in [0.1, 0.15) is 32.8 Å². The number of rotatable bonds is 7. The lowest BCUT2D eigenvalue weighted by molar-refractivity contribution is 0.545. The van der Waals surface area contributed by atoms with Crippen LogP contribution in [0.5, 0.6) is 0 Å². The Morgan fingerprint density at radius 1 is 1.35 bits per heavy atom. The van der Waals surface area contributed by atoms with Gasteiger partial charge in [-0.2, -0.15) is 0 Å². The number of pyridine rings is 1. The van der Waals surface area contributed by atoms with E-state index in [1.807, 2.05) is 6.20 Å². The Kier molecular flexibility index (Phi) is 5.98. The Morgan fingerprint density at radius 3 is 2.59 bits per heavy atom. The zero-order valence-corrected chi connectivity index (χ0v) is 11.3. The zero-order chi connectivity index (χ0) is 12.7. The van der Waals surface area contributed by atoms with Crippen molar-refractivity contribution >= 4 is 5.82 Å². The zero-order valence-electron chi connectivity index (χ0n) is 11.3. The van der Waals surface area contributed by atoms with Gasteiger partial charge in [0.2, 0.25) is 0 Å². The van der Waals surface area contributed by atoms with Crippen molar-refractivity contribution in [2.45, 2.75) is 33.6 Å². The standard InChI is InChI=1S/C14H25N3/c1-4-12(3)11-17(5-2)14-7-6-13(8-9-15)10-16-14/h6-7,10,12H,4-5,8-9,11,15H2,1-3H3. The molecule has 0 saturated heterocycles. The maximum atomic E-state index is 5.53. The molecule has 1 atom stereocenters. The fourth-order valence-electron chi connectivity index (χ4n) is 1.81. The summed E-state index contributed by atoms with van der Waals surface area (Å²) in [5, 5.41) is 0. The van der Waals surface area contributed by atoms with Gasteiger partial charge in [-0.05, 0) is 37.4 Å². The maximum Gasteiger partial charge on any atom is 0.128 e. The summed E-state index contributed by atoms with van der Waals surface area (Å²) in [6.07, 6.45) is 4.06. The first-order valence-corrected chi connectivity index (χ1v) is 6.61. The molecule has 0 spiro atoms. The third-order valence-electron chi connectivity index (χ3n) is 3.18. The van der Waals surface area contributed by atoms with Crippen molar-refractivity contribution in [2.24, 2.45) is 11.7 Å². The van der Waals surface area contributed by atoms with E-state index >= 15 is 0 Å². The summed E-state index contributed by atoms with van der Waals surface area (Å²) in [5.41, 5.74) is 6.75. The van der Waals surface area contributed by atoms with Crippen LogP contribution in [-0.4, -0.2) is 24.6 Å². The van der Waals surface area contributed by atoms with Crippen LogP contribution >= 0.6 is 0 Å². The predicted molar refractivity (Wildman–Crippen MR) is 74.3 cm³/mol. The molecular formula is C14H25N3. The fraction of sp³-hybridized carbons (Fsp3) is 0.643. The molecule has 1 rings (SSSR count). The van der Waals surface area contributed by atoms with Crippen molar-refractivity contribution in [3.63, 3.8) is 0 Å². The Balaban J connectivity index is 2.68. The third-order valence-corrected chi connectivity index (χ3v) is 3.18. The summed E-state index contributed by atoms with van der Waals surface area (Å²) in [5.74, 6) is 1.79. The van der Waals surface area contributed by atoms with E-state index < -0.39 is 0 Å². The molecule has 0 radical (unpaired) electrons. The molecule has 3 heteroatoms. The van der Waals surface area contributed by atoms with E-state index in [1.54, 1.807) is 0 Å². The van der Waals surface area contributed by atoms with Crippen LogP contribution in [0.3, 0.4) is 0 Å². The molecule has 0 saturated carbocycles. The first kappa shape index (κ1) is 14.0. The van der Waals surface area contributed by atoms with E-state index in [4.69, 9.17) is 5.73 Å². The lowest BCUT2D eigenvalue weighted by Crippen LogP contribution is -2.28. The molecule has 2 N–H and O–H groups in total. The molecule has 17 heavy (non-hydrogen) atoms. The van der Waals surface area contributed by atoms with E-state index in [0.717, 1.165) is 25.3 Å². The monoisotopic (exact) mass is 235 g/mol. The second kappa shape index (κ2) is 7.28. The Hall–Kier alpha value is -1.09. The molecule has 0 bridgehead atoms. The molecule has 3 nitrogen and oxygen atoms in total. The highest BCUT2D eigenvalue weighted by Crippen LogP contribution is 2.14. The highest BCUT2D eigenvalue weighted by Gasteiger charge is 2.09. The second-order valence-electron chi connectivity index (χ2n) is 4.62. The van der Waals surface area contributed by atoms with Gasteiger partial charge in [0.25, 0.3) is 0 Å². The van der Waals surface area contributed by atoms with Crippen molar-refractivity contribution in [2.75, 3.05) is 24.5 Å². The molecule has 1 aromatic rings. The first-order valence-electron chi connectivity index (χ1n) is 6.61. The van der Waals surface area contributed by atoms with Gasteiger partial charge in [-0.25, -0.2) is 4.98 Å². The van der Waals surface area contributed by atoms with Gasteiger partial charge in [-0.15, -0.1) is 0 Å². The molecule has 1 aromatic heterocycles. The molecular weight excluding hydrogens is 210 g/mol. The van der Waals surface area contributed by atoms with Gasteiger partial charge in [0, 0.05) is 19.3 Å². The number of hydrogen-bond donors (Lipinski definition) is 1. The van der Waals surface area contributed by atoms with E-state index in [2.05, 4.69) is 42.8 Å². The largest absolute Gasteiger partial charge is 0.357 e. The third kappa shape index (κ3) is 4.35. The molecule has 0 fully saturated rings. The van der Waals surface area contributed by atoms with Gasteiger partial charge in [-0.1, -0.05) is 26.3 Å². The van der Waals surface area contributed by atoms with Crippen LogP contribution in [0.25, 0.3) is 0 Å². The fourth-order valence-corrected chi connectivity index (χ4v) is 1.81. The number of nitrogens with zero attached hydrogens (tertiary/aromatic N) is 2. The molecule has 1 heterocycles. The van der Waals surface area contributed by atoms with Gasteiger partial charge in [0.05, 0.1) is 0 Å². The van der Waals surface area contributed by atoms with Crippen molar-refractivity contribution in [1.29, 1.82) is 0 Å². The molecule has 0 aromatic carbocycles. The second-order valence-corrected chi connectivity index (χ2v) is 4.62. The van der Waals surface area contributed by atoms with Crippen LogP contribution in [0.2, 0.25) is 0 Å². The summed E-state index contributed by atoms with van der Waals surface area (Å²) >= 11 is 0. The van der Waals surface area contributed by atoms with Crippen LogP contribution in [0.15, 0.2) is 18.3 Å². The van der Waals surface area contributed by atoms with Gasteiger partial charge in [-0.3, -0.25) is 0 Å². The van der Waals surface area contributed by atoms with Crippen LogP contribution in [0.4, 0.5) is 5.82 Å². The normalized spacial score (nSPS) is 12.5. The molecule has 1 unspecified atom stereocenters. The summed E-state index contributed by atoms with van der Waals surface area (Å²) in [6.45, 7) is 9.47. The van der Waals surface area contributed by atoms with E-state index in [-0.39, 0.29) is 0 Å². The van der Waals surface area contributed by atoms with Crippen molar-refractivity contribution in [3.8, 4) is 0 Å². The molecule has 0 aliphatic rings. The minimum Gasteiger partial charge on any atom is -0.357 e.